The van der Waals surface area contributed by atoms with Gasteiger partial charge in [-0.3, -0.25) is 4.79 Å². The van der Waals surface area contributed by atoms with E-state index in [0.29, 0.717) is 36.7 Å². The summed E-state index contributed by atoms with van der Waals surface area (Å²) in [5.74, 6) is -2.31. The molecule has 1 aliphatic carbocycles. The van der Waals surface area contributed by atoms with E-state index < -0.39 is 47.6 Å². The highest BCUT2D eigenvalue weighted by atomic mass is 16.7. The zero-order valence-corrected chi connectivity index (χ0v) is 26.1. The maximum absolute atomic E-state index is 14.0. The fraction of sp³-hybridized carbons (Fsp3) is 0.706. The number of methoxy groups -OCH3 is 1. The molecule has 42 heavy (non-hydrogen) atoms. The van der Waals surface area contributed by atoms with Crippen LogP contribution in [-0.4, -0.2) is 66.1 Å². The summed E-state index contributed by atoms with van der Waals surface area (Å²) in [6.45, 7) is 12.6. The Kier molecular flexibility index (Phi) is 8.93. The summed E-state index contributed by atoms with van der Waals surface area (Å²) in [4.78, 5) is 27.2. The first-order valence-electron chi connectivity index (χ1n) is 15.6. The van der Waals surface area contributed by atoms with Crippen molar-refractivity contribution < 1.29 is 38.4 Å². The smallest absolute Gasteiger partial charge is 0.337 e. The molecule has 5 aliphatic rings. The van der Waals surface area contributed by atoms with Crippen molar-refractivity contribution >= 4 is 11.9 Å². The molecule has 8 heteroatoms. The van der Waals surface area contributed by atoms with Crippen molar-refractivity contribution in [3.05, 3.63) is 47.1 Å². The number of carbonyl (C=O) groups is 2. The number of fused-ring (bicyclic) bond motifs is 2. The van der Waals surface area contributed by atoms with Crippen LogP contribution in [0, 0.1) is 23.7 Å². The van der Waals surface area contributed by atoms with E-state index in [1.807, 2.05) is 13.0 Å². The minimum atomic E-state index is -1.93. The van der Waals surface area contributed by atoms with Crippen molar-refractivity contribution in [1.82, 2.24) is 0 Å². The molecule has 3 fully saturated rings. The highest BCUT2D eigenvalue weighted by molar-refractivity contribution is 5.97. The maximum atomic E-state index is 14.0. The molecule has 0 aromatic carbocycles. The van der Waals surface area contributed by atoms with E-state index in [9.17, 15) is 14.7 Å². The second-order valence-electron chi connectivity index (χ2n) is 13.6. The van der Waals surface area contributed by atoms with Gasteiger partial charge in [-0.05, 0) is 62.5 Å². The Balaban J connectivity index is 1.54. The minimum absolute atomic E-state index is 0.0359. The Bertz CT molecular complexity index is 1180. The van der Waals surface area contributed by atoms with Crippen LogP contribution in [0.15, 0.2) is 47.1 Å². The Morgan fingerprint density at radius 2 is 1.86 bits per heavy atom. The average molecular weight is 585 g/mol. The fourth-order valence-corrected chi connectivity index (χ4v) is 7.70. The average Bonchev–Trinajstić information content (AvgIpc) is 3.17. The van der Waals surface area contributed by atoms with Gasteiger partial charge in [-0.15, -0.1) is 0 Å². The number of ether oxygens (including phenoxy) is 5. The van der Waals surface area contributed by atoms with Crippen LogP contribution in [0.1, 0.15) is 80.1 Å². The van der Waals surface area contributed by atoms with Crippen LogP contribution < -0.4 is 0 Å². The molecule has 5 rings (SSSR count). The number of aliphatic hydroxyl groups is 1. The number of hydrogen-bond acceptors (Lipinski definition) is 8. The number of hydrogen-bond donors (Lipinski definition) is 1. The summed E-state index contributed by atoms with van der Waals surface area (Å²) in [6, 6.07) is 0. The third kappa shape index (κ3) is 5.80. The first kappa shape index (κ1) is 31.2. The van der Waals surface area contributed by atoms with Crippen molar-refractivity contribution in [1.29, 1.82) is 0 Å². The monoisotopic (exact) mass is 584 g/mol. The van der Waals surface area contributed by atoms with Gasteiger partial charge in [0.2, 0.25) is 0 Å². The van der Waals surface area contributed by atoms with Gasteiger partial charge < -0.3 is 28.8 Å². The lowest BCUT2D eigenvalue weighted by atomic mass is 9.70. The van der Waals surface area contributed by atoms with Gasteiger partial charge in [0, 0.05) is 26.4 Å². The molecule has 2 bridgehead atoms. The number of allylic oxidation sites excluding steroid dienone is 4. The number of esters is 2. The topological polar surface area (TPSA) is 101 Å². The van der Waals surface area contributed by atoms with E-state index in [0.717, 1.165) is 19.3 Å². The van der Waals surface area contributed by atoms with Crippen LogP contribution in [0.5, 0.6) is 0 Å². The quantitative estimate of drug-likeness (QED) is 0.343. The van der Waals surface area contributed by atoms with Gasteiger partial charge in [0.1, 0.15) is 18.1 Å². The van der Waals surface area contributed by atoms with E-state index in [-0.39, 0.29) is 23.7 Å². The molecular weight excluding hydrogens is 536 g/mol. The van der Waals surface area contributed by atoms with Gasteiger partial charge in [0.05, 0.1) is 17.8 Å². The normalized spacial score (nSPS) is 44.8. The molecule has 8 nitrogen and oxygen atoms in total. The third-order valence-corrected chi connectivity index (χ3v) is 9.81. The van der Waals surface area contributed by atoms with Crippen LogP contribution in [0.25, 0.3) is 0 Å². The Labute approximate surface area is 250 Å². The van der Waals surface area contributed by atoms with Crippen molar-refractivity contribution in [2.75, 3.05) is 7.11 Å². The zero-order chi connectivity index (χ0) is 30.4. The van der Waals surface area contributed by atoms with Gasteiger partial charge in [0.25, 0.3) is 0 Å². The lowest BCUT2D eigenvalue weighted by Gasteiger charge is -2.50. The molecule has 0 saturated carbocycles. The summed E-state index contributed by atoms with van der Waals surface area (Å²) >= 11 is 0. The number of rotatable bonds is 2. The van der Waals surface area contributed by atoms with Crippen molar-refractivity contribution in [3.8, 4) is 0 Å². The molecule has 0 aromatic heterocycles. The van der Waals surface area contributed by atoms with Crippen molar-refractivity contribution in [2.24, 2.45) is 23.7 Å². The Morgan fingerprint density at radius 3 is 2.57 bits per heavy atom. The first-order chi connectivity index (χ1) is 19.9. The molecule has 4 aliphatic heterocycles. The third-order valence-electron chi connectivity index (χ3n) is 9.81. The summed E-state index contributed by atoms with van der Waals surface area (Å²) in [6.07, 6.45) is 11.0. The van der Waals surface area contributed by atoms with E-state index in [2.05, 4.69) is 40.7 Å². The predicted octanol–water partition coefficient (Wildman–Crippen LogP) is 5.35. The summed E-state index contributed by atoms with van der Waals surface area (Å²) in [5, 5.41) is 12.2. The molecule has 10 atom stereocenters. The van der Waals surface area contributed by atoms with E-state index >= 15 is 0 Å². The lowest BCUT2D eigenvalue weighted by Crippen LogP contribution is -2.58. The summed E-state index contributed by atoms with van der Waals surface area (Å²) < 4.78 is 31.1. The van der Waals surface area contributed by atoms with E-state index in [4.69, 9.17) is 23.7 Å². The lowest BCUT2D eigenvalue weighted by molar-refractivity contribution is -0.340. The van der Waals surface area contributed by atoms with Crippen LogP contribution >= 0.6 is 0 Å². The molecule has 232 valence electrons. The predicted molar refractivity (Wildman–Crippen MR) is 157 cm³/mol. The maximum Gasteiger partial charge on any atom is 0.337 e. The largest absolute Gasteiger partial charge is 0.462 e. The second kappa shape index (κ2) is 12.0. The van der Waals surface area contributed by atoms with Crippen LogP contribution in [0.4, 0.5) is 0 Å². The zero-order valence-electron chi connectivity index (χ0n) is 26.1. The minimum Gasteiger partial charge on any atom is -0.462 e. The molecule has 0 radical (unpaired) electrons. The van der Waals surface area contributed by atoms with Crippen LogP contribution in [0.2, 0.25) is 0 Å². The highest BCUT2D eigenvalue weighted by Gasteiger charge is 2.64. The van der Waals surface area contributed by atoms with Crippen LogP contribution in [-0.2, 0) is 33.3 Å². The molecule has 1 spiro atoms. The van der Waals surface area contributed by atoms with Gasteiger partial charge in [-0.25, -0.2) is 4.79 Å². The first-order valence-corrected chi connectivity index (χ1v) is 15.6. The molecular formula is C34H48O8. The van der Waals surface area contributed by atoms with Gasteiger partial charge in [-0.1, -0.05) is 57.6 Å². The van der Waals surface area contributed by atoms with Crippen LogP contribution in [0.3, 0.4) is 0 Å². The van der Waals surface area contributed by atoms with E-state index in [1.54, 1.807) is 18.2 Å². The van der Waals surface area contributed by atoms with E-state index in [1.165, 1.54) is 12.7 Å². The highest BCUT2D eigenvalue weighted by Crippen LogP contribution is 2.48. The van der Waals surface area contributed by atoms with Gasteiger partial charge >= 0.3 is 11.9 Å². The van der Waals surface area contributed by atoms with Gasteiger partial charge in [0.15, 0.2) is 17.5 Å². The van der Waals surface area contributed by atoms with Crippen molar-refractivity contribution in [2.45, 2.75) is 122 Å². The molecule has 3 saturated heterocycles. The summed E-state index contributed by atoms with van der Waals surface area (Å²) in [7, 11) is 1.50. The molecule has 0 aromatic rings. The molecule has 4 heterocycles. The standard InChI is InChI=1S/C34H48O8/c1-19(2)28-22(5)13-14-33(42-28)18-25-17-24(41-33)12-11-21(4)15-20(3)9-8-10-26-31(35)40-30-29(38-7)23(6)16-27(32(36)39-25)34(26,30)37/h8-11,16,19-20,22,24-25,27-30,37H,12-15,17-18H2,1-7H3/b9-8+,21-11-,26-10?/t20-,22-,24+,25-,27-,28+,29+,30+,33+,34-/m0/s1. The second-order valence-corrected chi connectivity index (χ2v) is 13.6. The summed E-state index contributed by atoms with van der Waals surface area (Å²) in [5.41, 5.74) is 0.0370. The molecule has 1 N–H and O–H groups in total. The SMILES string of the molecule is CO[C@@H]1C(C)=C[C@H]2C(=O)O[C@H]3C[C@@H](C/C=C(/C)C[C@@H](C)/C=C/C=C4C(=O)O[C@H]1[C@]42O)O[C@@]1(CC[C@H](C)[C@@H](C(C)C)O1)C3. The Hall–Kier alpha value is -2.26. The number of carbonyl (C=O) groups excluding carboxylic acids is 2. The van der Waals surface area contributed by atoms with Gasteiger partial charge in [-0.2, -0.15) is 0 Å². The Morgan fingerprint density at radius 1 is 1.10 bits per heavy atom. The molecule has 0 unspecified atom stereocenters. The fourth-order valence-electron chi connectivity index (χ4n) is 7.70. The molecule has 0 amide bonds. The van der Waals surface area contributed by atoms with Crippen molar-refractivity contribution in [3.63, 3.8) is 0 Å².